The van der Waals surface area contributed by atoms with Crippen molar-refractivity contribution in [1.29, 1.82) is 0 Å². The van der Waals surface area contributed by atoms with E-state index >= 15 is 0 Å². The molecule has 0 fully saturated rings. The summed E-state index contributed by atoms with van der Waals surface area (Å²) in [5.74, 6) is 6.88. The second-order valence-electron chi connectivity index (χ2n) is 28.5. The van der Waals surface area contributed by atoms with E-state index < -0.39 is 30.6 Å². The molecule has 13 rings (SSSR count). The van der Waals surface area contributed by atoms with Gasteiger partial charge < -0.3 is 75.8 Å². The Balaban J connectivity index is 0.000000180. The second-order valence-corrected chi connectivity index (χ2v) is 28.5. The maximum absolute atomic E-state index is 13.2. The topological polar surface area (TPSA) is 243 Å². The van der Waals surface area contributed by atoms with Gasteiger partial charge in [-0.1, -0.05) is 164 Å². The highest BCUT2D eigenvalue weighted by Crippen LogP contribution is 2.45. The van der Waals surface area contributed by atoms with E-state index in [-0.39, 0.29) is 31.9 Å². The third-order valence-electron chi connectivity index (χ3n) is 20.5. The zero-order chi connectivity index (χ0) is 89.5. The van der Waals surface area contributed by atoms with Crippen LogP contribution in [0.5, 0.6) is 63.2 Å². The molecule has 658 valence electrons. The Morgan fingerprint density at radius 3 is 1.25 bits per heavy atom. The van der Waals surface area contributed by atoms with E-state index in [0.717, 1.165) is 91.0 Å². The maximum Gasteiger partial charge on any atom is 0.414 e. The number of methoxy groups -OCH3 is 9. The summed E-state index contributed by atoms with van der Waals surface area (Å²) in [5.41, 5.74) is 12.3. The van der Waals surface area contributed by atoms with Gasteiger partial charge in [-0.2, -0.15) is 0 Å². The molecule has 0 N–H and O–H groups in total. The maximum atomic E-state index is 13.2. The first-order valence-electron chi connectivity index (χ1n) is 41.1. The molecule has 0 spiro atoms. The van der Waals surface area contributed by atoms with Crippen molar-refractivity contribution in [2.24, 2.45) is 0 Å². The molecule has 24 nitrogen and oxygen atoms in total. The van der Waals surface area contributed by atoms with Gasteiger partial charge in [-0.3, -0.25) is 24.3 Å². The average Bonchev–Trinajstić information content (AvgIpc) is 0.776. The minimum absolute atomic E-state index is 0.162. The number of amides is 3. The number of carbonyl (C=O) groups is 5. The molecule has 0 aromatic heterocycles. The van der Waals surface area contributed by atoms with Crippen LogP contribution >= 0.6 is 0 Å². The summed E-state index contributed by atoms with van der Waals surface area (Å²) in [6, 6.07) is 80.1. The fourth-order valence-corrected chi connectivity index (χ4v) is 14.1. The van der Waals surface area contributed by atoms with E-state index in [0.29, 0.717) is 115 Å². The standard InChI is InChI=1S/C30H37NO7.C29H29NO6.C28H29NO5.C15H14O3/c1-6-37-30(32)31(20-29(35-4)36-5)26(18-23-13-10-14-25(17-23)33-2)24-15-16-27(28(19-24)34-3)38-21-22-11-8-7-9-12-22;1-4-35-29(32)30-17-22(18-31)24-15-28(36-19-20-9-6-5-7-10-20)27(34-3)16-25(24)26(30)14-21-11-8-12-23(13-21)33-2;1-4-33-28(30)29-14-13-22-17-27(34-19-20-9-6-5-7-10-20)26(32-3)18-24(22)25(29)16-21-11-8-12-23(15-21)31-2;1-17-15-9-13(10-16)7-8-14(15)18-11-12-5-3-2-4-6-12/h7-17,19,26,29H,6,18,20-21H2,1-5H3;5-13,15-18,26H,4,14,19H2,1-3H3;5-15,17-18,25H,4,16,19H2,1-3H3;2-10H,11H2,1H3. The Kier molecular flexibility index (Phi) is 36.7. The van der Waals surface area contributed by atoms with Gasteiger partial charge in [0.05, 0.1) is 94.3 Å². The quantitative estimate of drug-likeness (QED) is 0.0201. The molecule has 0 aliphatic carbocycles. The number of ether oxygens (including phenoxy) is 16. The van der Waals surface area contributed by atoms with Crippen molar-refractivity contribution < 1.29 is 99.8 Å². The summed E-state index contributed by atoms with van der Waals surface area (Å²) in [5, 5.41) is 0. The first-order chi connectivity index (χ1) is 61.5. The van der Waals surface area contributed by atoms with Crippen LogP contribution in [0.2, 0.25) is 0 Å². The molecule has 2 aliphatic rings. The summed E-state index contributed by atoms with van der Waals surface area (Å²) < 4.78 is 89.3. The normalized spacial score (nSPS) is 12.9. The Morgan fingerprint density at radius 1 is 0.381 bits per heavy atom. The Hall–Kier alpha value is -14.2. The van der Waals surface area contributed by atoms with Gasteiger partial charge in [0.15, 0.2) is 58.6 Å². The third-order valence-corrected chi connectivity index (χ3v) is 20.5. The predicted molar refractivity (Wildman–Crippen MR) is 481 cm³/mol. The smallest absolute Gasteiger partial charge is 0.414 e. The number of rotatable bonds is 36. The van der Waals surface area contributed by atoms with Gasteiger partial charge in [0, 0.05) is 37.8 Å². The molecule has 126 heavy (non-hydrogen) atoms. The lowest BCUT2D eigenvalue weighted by Crippen LogP contribution is -2.42. The van der Waals surface area contributed by atoms with E-state index in [9.17, 15) is 24.0 Å². The van der Waals surface area contributed by atoms with Gasteiger partial charge in [-0.25, -0.2) is 14.4 Å². The van der Waals surface area contributed by atoms with Crippen molar-refractivity contribution in [3.05, 3.63) is 340 Å². The van der Waals surface area contributed by atoms with Crippen LogP contribution in [0.1, 0.15) is 116 Å². The van der Waals surface area contributed by atoms with Gasteiger partial charge >= 0.3 is 18.3 Å². The molecule has 0 saturated carbocycles. The van der Waals surface area contributed by atoms with Gasteiger partial charge in [0.2, 0.25) is 0 Å². The Bertz CT molecular complexity index is 5360. The SMILES string of the molecule is CCOC(=O)N(CC(OC)OC)C(Cc1cccc(OC)c1)c1ccc(OCc2ccccc2)c(OC)c1.CCOC(=O)N1C=C(C=O)c2cc(OCc3ccccc3)c(OC)cc2C1Cc1cccc(OC)c1.CCOC(=O)N1C=Cc2cc(OCc3ccccc3)c(OC)cc2C1Cc1cccc(OC)c1.COc1cc(C=O)ccc1OCc1ccccc1. The van der Waals surface area contributed by atoms with E-state index in [4.69, 9.17) is 75.8 Å². The van der Waals surface area contributed by atoms with Crippen LogP contribution in [-0.4, -0.2) is 142 Å². The van der Waals surface area contributed by atoms with Crippen LogP contribution < -0.4 is 52.1 Å². The highest BCUT2D eigenvalue weighted by atomic mass is 16.7. The average molecular weight is 1710 g/mol. The van der Waals surface area contributed by atoms with Gasteiger partial charge in [-0.05, 0) is 204 Å². The minimum Gasteiger partial charge on any atom is -0.497 e. The van der Waals surface area contributed by atoms with Crippen LogP contribution in [0.3, 0.4) is 0 Å². The summed E-state index contributed by atoms with van der Waals surface area (Å²) in [4.78, 5) is 66.5. The van der Waals surface area contributed by atoms with Gasteiger partial charge in [0.1, 0.15) is 50.0 Å². The first kappa shape index (κ1) is 94.0. The Morgan fingerprint density at radius 2 is 0.794 bits per heavy atom. The van der Waals surface area contributed by atoms with Crippen LogP contribution in [0.25, 0.3) is 11.6 Å². The van der Waals surface area contributed by atoms with Gasteiger partial charge in [0.25, 0.3) is 0 Å². The molecule has 0 saturated heterocycles. The number of carbonyl (C=O) groups excluding carboxylic acids is 5. The molecule has 3 unspecified atom stereocenters. The van der Waals surface area contributed by atoms with E-state index in [1.54, 1.807) is 117 Å². The number of benzene rings is 11. The number of aldehydes is 2. The van der Waals surface area contributed by atoms with Crippen molar-refractivity contribution in [1.82, 2.24) is 14.7 Å². The molecular weight excluding hydrogens is 1600 g/mol. The van der Waals surface area contributed by atoms with E-state index in [2.05, 4.69) is 0 Å². The molecule has 2 heterocycles. The fraction of sp³-hybridized carbons (Fsp3) is 0.265. The van der Waals surface area contributed by atoms with Crippen molar-refractivity contribution in [3.63, 3.8) is 0 Å². The van der Waals surface area contributed by atoms with Crippen LogP contribution in [0.15, 0.2) is 267 Å². The molecular formula is C102H109N3O21. The zero-order valence-corrected chi connectivity index (χ0v) is 73.1. The summed E-state index contributed by atoms with van der Waals surface area (Å²) in [6.45, 7) is 7.90. The highest BCUT2D eigenvalue weighted by molar-refractivity contribution is 6.09. The first-order valence-corrected chi connectivity index (χ1v) is 41.1. The Labute approximate surface area is 737 Å². The van der Waals surface area contributed by atoms with Crippen LogP contribution in [-0.2, 0) is 74.2 Å². The summed E-state index contributed by atoms with van der Waals surface area (Å²) in [6.07, 6.45) is 6.27. The van der Waals surface area contributed by atoms with E-state index in [1.807, 2.05) is 237 Å². The van der Waals surface area contributed by atoms with Crippen LogP contribution in [0, 0.1) is 0 Å². The fourth-order valence-electron chi connectivity index (χ4n) is 14.1. The largest absolute Gasteiger partial charge is 0.497 e. The molecule has 3 atom stereocenters. The lowest BCUT2D eigenvalue weighted by atomic mass is 9.87. The molecule has 0 bridgehead atoms. The van der Waals surface area contributed by atoms with E-state index in [1.165, 1.54) is 19.1 Å². The molecule has 0 radical (unpaired) electrons. The monoisotopic (exact) mass is 1710 g/mol. The molecule has 11 aromatic rings. The number of allylic oxidation sites excluding steroid dienone is 1. The molecule has 24 heteroatoms. The summed E-state index contributed by atoms with van der Waals surface area (Å²) >= 11 is 0. The van der Waals surface area contributed by atoms with Crippen LogP contribution in [0.4, 0.5) is 14.4 Å². The van der Waals surface area contributed by atoms with Crippen molar-refractivity contribution in [2.45, 2.75) is 90.9 Å². The number of hydrogen-bond donors (Lipinski definition) is 0. The summed E-state index contributed by atoms with van der Waals surface area (Å²) in [7, 11) is 14.3. The minimum atomic E-state index is -0.636. The van der Waals surface area contributed by atoms with Crippen molar-refractivity contribution in [3.8, 4) is 63.2 Å². The molecule has 3 amide bonds. The predicted octanol–water partition coefficient (Wildman–Crippen LogP) is 20.3. The third kappa shape index (κ3) is 26.4. The lowest BCUT2D eigenvalue weighted by Gasteiger charge is -2.34. The number of fused-ring (bicyclic) bond motifs is 2. The zero-order valence-electron chi connectivity index (χ0n) is 73.1. The number of nitrogens with zero attached hydrogens (tertiary/aromatic N) is 3. The lowest BCUT2D eigenvalue weighted by molar-refractivity contribution is -0.117. The highest BCUT2D eigenvalue weighted by Gasteiger charge is 2.36. The molecule has 11 aromatic carbocycles. The second kappa shape index (κ2) is 49.2. The van der Waals surface area contributed by atoms with Crippen molar-refractivity contribution >= 4 is 42.5 Å². The van der Waals surface area contributed by atoms with Crippen molar-refractivity contribution in [2.75, 3.05) is 90.4 Å². The van der Waals surface area contributed by atoms with Gasteiger partial charge in [-0.15, -0.1) is 0 Å². The molecule has 2 aliphatic heterocycles. The number of hydrogen-bond acceptors (Lipinski definition) is 21.